The first-order chi connectivity index (χ1) is 10.0. The number of nitriles is 1. The molecule has 1 atom stereocenters. The summed E-state index contributed by atoms with van der Waals surface area (Å²) in [6, 6.07) is 5.64. The molecule has 0 aromatic heterocycles. The highest BCUT2D eigenvalue weighted by molar-refractivity contribution is 9.10. The Kier molecular flexibility index (Phi) is 5.40. The second-order valence-electron chi connectivity index (χ2n) is 5.47. The molecule has 112 valence electrons. The summed E-state index contributed by atoms with van der Waals surface area (Å²) < 4.78 is 0.568. The van der Waals surface area contributed by atoms with E-state index in [-0.39, 0.29) is 11.8 Å². The van der Waals surface area contributed by atoms with Crippen molar-refractivity contribution in [3.05, 3.63) is 39.9 Å². The Hall–Kier alpha value is -1.35. The number of halogens is 1. The Morgan fingerprint density at radius 3 is 2.76 bits per heavy atom. The first kappa shape index (κ1) is 16.0. The largest absolute Gasteiger partial charge is 0.506 e. The number of phenolic OH excluding ortho intramolecular Hbond substituents is 1. The van der Waals surface area contributed by atoms with Crippen LogP contribution in [0.1, 0.15) is 30.5 Å². The van der Waals surface area contributed by atoms with Gasteiger partial charge in [0.05, 0.1) is 16.1 Å². The zero-order chi connectivity index (χ0) is 15.4. The summed E-state index contributed by atoms with van der Waals surface area (Å²) in [4.78, 5) is 2.34. The molecule has 0 radical (unpaired) electrons. The minimum Gasteiger partial charge on any atom is -0.506 e. The van der Waals surface area contributed by atoms with Gasteiger partial charge in [0.15, 0.2) is 0 Å². The van der Waals surface area contributed by atoms with Crippen molar-refractivity contribution >= 4 is 15.9 Å². The minimum atomic E-state index is 0.0502. The highest BCUT2D eigenvalue weighted by Gasteiger charge is 2.25. The van der Waals surface area contributed by atoms with Crippen molar-refractivity contribution in [2.75, 3.05) is 26.2 Å². The molecule has 0 bridgehead atoms. The molecule has 21 heavy (non-hydrogen) atoms. The Balaban J connectivity index is 2.42. The molecule has 1 saturated heterocycles. The average molecular weight is 350 g/mol. The van der Waals surface area contributed by atoms with Crippen LogP contribution in [0.5, 0.6) is 5.75 Å². The van der Waals surface area contributed by atoms with Crippen molar-refractivity contribution in [2.45, 2.75) is 19.4 Å². The van der Waals surface area contributed by atoms with Gasteiger partial charge in [-0.1, -0.05) is 5.57 Å². The Morgan fingerprint density at radius 1 is 1.52 bits per heavy atom. The summed E-state index contributed by atoms with van der Waals surface area (Å²) in [5.41, 5.74) is 2.42. The maximum absolute atomic E-state index is 10.4. The molecule has 0 aliphatic carbocycles. The van der Waals surface area contributed by atoms with Crippen LogP contribution in [0.25, 0.3) is 0 Å². The fraction of sp³-hybridized carbons (Fsp3) is 0.438. The molecule has 1 heterocycles. The van der Waals surface area contributed by atoms with E-state index in [1.807, 2.05) is 6.92 Å². The van der Waals surface area contributed by atoms with Crippen molar-refractivity contribution in [1.29, 1.82) is 5.26 Å². The van der Waals surface area contributed by atoms with E-state index < -0.39 is 0 Å². The maximum atomic E-state index is 10.4. The smallest absolute Gasteiger partial charge is 0.134 e. The lowest BCUT2D eigenvalue weighted by molar-refractivity contribution is 0.170. The number of nitrogens with one attached hydrogen (secondary N) is 1. The minimum absolute atomic E-state index is 0.0502. The topological polar surface area (TPSA) is 59.3 Å². The molecule has 1 aromatic carbocycles. The van der Waals surface area contributed by atoms with E-state index in [1.54, 1.807) is 12.1 Å². The molecule has 0 amide bonds. The van der Waals surface area contributed by atoms with Crippen LogP contribution in [0.3, 0.4) is 0 Å². The summed E-state index contributed by atoms with van der Waals surface area (Å²) >= 11 is 3.34. The quantitative estimate of drug-likeness (QED) is 0.820. The summed E-state index contributed by atoms with van der Waals surface area (Å²) in [6.07, 6.45) is 0.773. The number of rotatable bonds is 4. The number of nitrogens with zero attached hydrogens (tertiary/aromatic N) is 2. The SMILES string of the molecule is C=C(C)C[C@@H](c1cc(C#N)cc(Br)c1O)N1CCNCC1. The van der Waals surface area contributed by atoms with Crippen LogP contribution in [0.2, 0.25) is 0 Å². The summed E-state index contributed by atoms with van der Waals surface area (Å²) in [6.45, 7) is 9.72. The summed E-state index contributed by atoms with van der Waals surface area (Å²) in [5.74, 6) is 0.221. The van der Waals surface area contributed by atoms with E-state index in [0.717, 1.165) is 43.7 Å². The number of phenols is 1. The van der Waals surface area contributed by atoms with E-state index in [0.29, 0.717) is 10.0 Å². The molecular weight excluding hydrogens is 330 g/mol. The van der Waals surface area contributed by atoms with E-state index in [9.17, 15) is 5.11 Å². The second kappa shape index (κ2) is 7.08. The van der Waals surface area contributed by atoms with Crippen LogP contribution in [0, 0.1) is 11.3 Å². The third-order valence-electron chi connectivity index (χ3n) is 3.72. The Bertz CT molecular complexity index is 574. The van der Waals surface area contributed by atoms with E-state index >= 15 is 0 Å². The van der Waals surface area contributed by atoms with Gasteiger partial charge < -0.3 is 10.4 Å². The number of hydrogen-bond donors (Lipinski definition) is 2. The number of aromatic hydroxyl groups is 1. The number of benzene rings is 1. The number of piperazine rings is 1. The van der Waals surface area contributed by atoms with Gasteiger partial charge in [0.2, 0.25) is 0 Å². The molecular formula is C16H20BrN3O. The lowest BCUT2D eigenvalue weighted by atomic mass is 9.95. The van der Waals surface area contributed by atoms with Gasteiger partial charge in [0, 0.05) is 37.8 Å². The van der Waals surface area contributed by atoms with Crippen LogP contribution < -0.4 is 5.32 Å². The molecule has 1 fully saturated rings. The zero-order valence-corrected chi connectivity index (χ0v) is 13.8. The summed E-state index contributed by atoms with van der Waals surface area (Å²) in [5, 5.41) is 22.9. The third-order valence-corrected chi connectivity index (χ3v) is 4.32. The first-order valence-corrected chi connectivity index (χ1v) is 7.84. The zero-order valence-electron chi connectivity index (χ0n) is 12.2. The monoisotopic (exact) mass is 349 g/mol. The molecule has 0 unspecified atom stereocenters. The molecule has 2 rings (SSSR count). The molecule has 0 spiro atoms. The van der Waals surface area contributed by atoms with Gasteiger partial charge in [-0.2, -0.15) is 5.26 Å². The van der Waals surface area contributed by atoms with Gasteiger partial charge in [-0.05, 0) is 41.4 Å². The van der Waals surface area contributed by atoms with Crippen molar-refractivity contribution in [1.82, 2.24) is 10.2 Å². The normalized spacial score (nSPS) is 17.2. The van der Waals surface area contributed by atoms with Crippen molar-refractivity contribution in [3.8, 4) is 11.8 Å². The maximum Gasteiger partial charge on any atom is 0.134 e. The predicted octanol–water partition coefficient (Wildman–Crippen LogP) is 2.94. The van der Waals surface area contributed by atoms with Crippen LogP contribution in [-0.4, -0.2) is 36.2 Å². The lowest BCUT2D eigenvalue weighted by Crippen LogP contribution is -2.45. The van der Waals surface area contributed by atoms with Crippen LogP contribution in [0.4, 0.5) is 0 Å². The predicted molar refractivity (Wildman–Crippen MR) is 87.1 cm³/mol. The summed E-state index contributed by atoms with van der Waals surface area (Å²) in [7, 11) is 0. The van der Waals surface area contributed by atoms with E-state index in [2.05, 4.69) is 38.8 Å². The van der Waals surface area contributed by atoms with E-state index in [4.69, 9.17) is 5.26 Å². The lowest BCUT2D eigenvalue weighted by Gasteiger charge is -2.36. The van der Waals surface area contributed by atoms with Crippen LogP contribution in [-0.2, 0) is 0 Å². The van der Waals surface area contributed by atoms with Crippen molar-refractivity contribution in [2.24, 2.45) is 0 Å². The fourth-order valence-electron chi connectivity index (χ4n) is 2.70. The fourth-order valence-corrected chi connectivity index (χ4v) is 3.17. The van der Waals surface area contributed by atoms with Gasteiger partial charge in [0.25, 0.3) is 0 Å². The van der Waals surface area contributed by atoms with Gasteiger partial charge >= 0.3 is 0 Å². The Labute approximate surface area is 134 Å². The molecule has 5 heteroatoms. The van der Waals surface area contributed by atoms with Crippen LogP contribution >= 0.6 is 15.9 Å². The number of hydrogen-bond acceptors (Lipinski definition) is 4. The highest BCUT2D eigenvalue weighted by atomic mass is 79.9. The second-order valence-corrected chi connectivity index (χ2v) is 6.33. The highest BCUT2D eigenvalue weighted by Crippen LogP contribution is 2.38. The Morgan fingerprint density at radius 2 is 2.19 bits per heavy atom. The molecule has 4 nitrogen and oxygen atoms in total. The standard InChI is InChI=1S/C16H20BrN3O/c1-11(2)7-15(20-5-3-19-4-6-20)13-8-12(10-18)9-14(17)16(13)21/h8-9,15,19,21H,1,3-7H2,2H3/t15-/m0/s1. The van der Waals surface area contributed by atoms with Crippen molar-refractivity contribution < 1.29 is 5.11 Å². The van der Waals surface area contributed by atoms with E-state index in [1.165, 1.54) is 0 Å². The van der Waals surface area contributed by atoms with Gasteiger partial charge in [-0.3, -0.25) is 4.90 Å². The molecule has 1 aliphatic heterocycles. The molecule has 0 saturated carbocycles. The molecule has 2 N–H and O–H groups in total. The average Bonchev–Trinajstić information content (AvgIpc) is 2.48. The van der Waals surface area contributed by atoms with Gasteiger partial charge in [-0.15, -0.1) is 6.58 Å². The van der Waals surface area contributed by atoms with Gasteiger partial charge in [-0.25, -0.2) is 0 Å². The third kappa shape index (κ3) is 3.85. The molecule has 1 aliphatic rings. The molecule has 1 aromatic rings. The van der Waals surface area contributed by atoms with Crippen LogP contribution in [0.15, 0.2) is 28.8 Å². The van der Waals surface area contributed by atoms with Crippen molar-refractivity contribution in [3.63, 3.8) is 0 Å². The van der Waals surface area contributed by atoms with Gasteiger partial charge in [0.1, 0.15) is 5.75 Å². The first-order valence-electron chi connectivity index (χ1n) is 7.04.